The predicted molar refractivity (Wildman–Crippen MR) is 92.0 cm³/mol. The average Bonchev–Trinajstić information content (AvgIpc) is 2.55. The largest absolute Gasteiger partial charge is 0.370 e. The van der Waals surface area contributed by atoms with E-state index in [1.54, 1.807) is 17.0 Å². The van der Waals surface area contributed by atoms with Gasteiger partial charge in [-0.25, -0.2) is 0 Å². The maximum absolute atomic E-state index is 12.0. The smallest absolute Gasteiger partial charge is 0.230 e. The number of ether oxygens (including phenoxy) is 1. The number of carbonyl (C=O) groups is 1. The number of benzene rings is 1. The number of amides is 1. The summed E-state index contributed by atoms with van der Waals surface area (Å²) in [5.41, 5.74) is 0.794. The van der Waals surface area contributed by atoms with Gasteiger partial charge in [0.1, 0.15) is 13.1 Å². The van der Waals surface area contributed by atoms with Crippen molar-refractivity contribution in [1.82, 2.24) is 0 Å². The molecule has 0 spiro atoms. The van der Waals surface area contributed by atoms with Gasteiger partial charge in [0.2, 0.25) is 5.91 Å². The lowest BCUT2D eigenvalue weighted by Crippen LogP contribution is -3.14. The van der Waals surface area contributed by atoms with Crippen LogP contribution in [-0.4, -0.2) is 51.3 Å². The van der Waals surface area contributed by atoms with E-state index < -0.39 is 0 Å². The molecule has 0 aliphatic carbocycles. The molecule has 0 saturated carbocycles. The van der Waals surface area contributed by atoms with E-state index in [1.807, 2.05) is 12.1 Å². The number of halogens is 1. The summed E-state index contributed by atoms with van der Waals surface area (Å²) in [6, 6.07) is 7.49. The Labute approximate surface area is 143 Å². The maximum atomic E-state index is 12.0. The van der Waals surface area contributed by atoms with Gasteiger partial charge in [0, 0.05) is 17.1 Å². The average molecular weight is 342 g/mol. The summed E-state index contributed by atoms with van der Waals surface area (Å²) in [7, 11) is 0. The Morgan fingerprint density at radius 1 is 1.35 bits per heavy atom. The first-order valence-corrected chi connectivity index (χ1v) is 8.81. The molecule has 1 heterocycles. The zero-order chi connectivity index (χ0) is 16.5. The maximum Gasteiger partial charge on any atom is 0.230 e. The van der Waals surface area contributed by atoms with Crippen LogP contribution in [0.5, 0.6) is 0 Å². The number of rotatable bonds is 8. The van der Waals surface area contributed by atoms with Gasteiger partial charge in [-0.3, -0.25) is 4.79 Å². The number of hydrogen-bond acceptors (Lipinski definition) is 2. The Bertz CT molecular complexity index is 475. The van der Waals surface area contributed by atoms with E-state index in [-0.39, 0.29) is 5.91 Å². The van der Waals surface area contributed by atoms with E-state index in [0.29, 0.717) is 17.5 Å². The van der Waals surface area contributed by atoms with Crippen LogP contribution in [0.3, 0.4) is 0 Å². The predicted octanol–water partition coefficient (Wildman–Crippen LogP) is -0.0743. The van der Waals surface area contributed by atoms with E-state index in [9.17, 15) is 4.79 Å². The minimum absolute atomic E-state index is 0.0508. The van der Waals surface area contributed by atoms with Crippen LogP contribution in [0.1, 0.15) is 19.8 Å². The van der Waals surface area contributed by atoms with Gasteiger partial charge in [0.25, 0.3) is 0 Å². The Kier molecular flexibility index (Phi) is 7.82. The number of nitrogens with two attached hydrogens (primary N) is 1. The lowest BCUT2D eigenvalue weighted by molar-refractivity contribution is -0.909. The zero-order valence-corrected chi connectivity index (χ0v) is 14.6. The zero-order valence-electron chi connectivity index (χ0n) is 13.8. The molecule has 1 amide bonds. The minimum Gasteiger partial charge on any atom is -0.370 e. The van der Waals surface area contributed by atoms with Gasteiger partial charge in [-0.2, -0.15) is 0 Å². The van der Waals surface area contributed by atoms with Crippen LogP contribution in [0.15, 0.2) is 24.3 Å². The molecular formula is C17H28ClN3O2+2. The molecule has 1 aromatic carbocycles. The summed E-state index contributed by atoms with van der Waals surface area (Å²) in [6.45, 7) is 8.39. The van der Waals surface area contributed by atoms with Crippen LogP contribution in [0.2, 0.25) is 5.02 Å². The van der Waals surface area contributed by atoms with E-state index in [1.165, 1.54) is 13.0 Å². The molecule has 0 unspecified atom stereocenters. The molecule has 1 atom stereocenters. The first-order valence-electron chi connectivity index (χ1n) is 8.43. The Balaban J connectivity index is 1.57. The number of nitrogens with one attached hydrogen (secondary N) is 2. The molecule has 1 aromatic rings. The summed E-state index contributed by atoms with van der Waals surface area (Å²) in [5.74, 6) is 0.0508. The molecule has 0 aromatic heterocycles. The number of anilines is 1. The molecule has 0 bridgehead atoms. The van der Waals surface area contributed by atoms with E-state index >= 15 is 0 Å². The normalized spacial score (nSPS) is 17.0. The molecule has 4 N–H and O–H groups in total. The standard InChI is InChI=1S/C17H26ClN3O2/c1-14(19-7-2-8-21-9-11-23-12-10-21)13-17(22)20-16-5-3-15(18)4-6-16/h3-6,14,19H,2,7-13H2,1H3,(H,20,22)/p+2/t14-/m1/s1. The molecule has 0 radical (unpaired) electrons. The minimum atomic E-state index is 0.0508. The summed E-state index contributed by atoms with van der Waals surface area (Å²) >= 11 is 5.83. The molecule has 1 saturated heterocycles. The molecule has 1 aliphatic rings. The topological polar surface area (TPSA) is 59.4 Å². The van der Waals surface area contributed by atoms with Crippen molar-refractivity contribution in [2.45, 2.75) is 25.8 Å². The van der Waals surface area contributed by atoms with Crippen molar-refractivity contribution in [3.8, 4) is 0 Å². The SMILES string of the molecule is C[C@H](CC(=O)Nc1ccc(Cl)cc1)[NH2+]CCC[NH+]1CCOCC1. The third kappa shape index (κ3) is 7.31. The van der Waals surface area contributed by atoms with E-state index in [4.69, 9.17) is 16.3 Å². The first-order chi connectivity index (χ1) is 11.1. The Morgan fingerprint density at radius 2 is 2.04 bits per heavy atom. The van der Waals surface area contributed by atoms with E-state index in [2.05, 4.69) is 17.6 Å². The van der Waals surface area contributed by atoms with Crippen molar-refractivity contribution in [1.29, 1.82) is 0 Å². The molecule has 1 aliphatic heterocycles. The highest BCUT2D eigenvalue weighted by molar-refractivity contribution is 6.30. The van der Waals surface area contributed by atoms with Gasteiger partial charge in [-0.15, -0.1) is 0 Å². The van der Waals surface area contributed by atoms with Crippen LogP contribution >= 0.6 is 11.6 Å². The second-order valence-corrected chi connectivity index (χ2v) is 6.66. The molecule has 2 rings (SSSR count). The summed E-state index contributed by atoms with van der Waals surface area (Å²) in [6.07, 6.45) is 1.70. The second-order valence-electron chi connectivity index (χ2n) is 6.23. The molecule has 128 valence electrons. The molecule has 5 nitrogen and oxygen atoms in total. The van der Waals surface area contributed by atoms with Crippen LogP contribution in [0, 0.1) is 0 Å². The van der Waals surface area contributed by atoms with Gasteiger partial charge in [-0.05, 0) is 31.2 Å². The second kappa shape index (κ2) is 9.88. The number of carbonyl (C=O) groups excluding carboxylic acids is 1. The van der Waals surface area contributed by atoms with Crippen LogP contribution in [-0.2, 0) is 9.53 Å². The van der Waals surface area contributed by atoms with Gasteiger partial charge in [0.15, 0.2) is 0 Å². The highest BCUT2D eigenvalue weighted by atomic mass is 35.5. The van der Waals surface area contributed by atoms with Gasteiger partial charge < -0.3 is 20.3 Å². The lowest BCUT2D eigenvalue weighted by atomic mass is 10.2. The van der Waals surface area contributed by atoms with E-state index in [0.717, 1.165) is 38.5 Å². The monoisotopic (exact) mass is 341 g/mol. The summed E-state index contributed by atoms with van der Waals surface area (Å²) in [5, 5.41) is 5.85. The van der Waals surface area contributed by atoms with Crippen molar-refractivity contribution in [2.24, 2.45) is 0 Å². The van der Waals surface area contributed by atoms with Crippen LogP contribution < -0.4 is 15.5 Å². The fraction of sp³-hybridized carbons (Fsp3) is 0.588. The van der Waals surface area contributed by atoms with Crippen LogP contribution in [0.4, 0.5) is 5.69 Å². The number of hydrogen-bond donors (Lipinski definition) is 3. The van der Waals surface area contributed by atoms with Crippen molar-refractivity contribution < 1.29 is 19.7 Å². The van der Waals surface area contributed by atoms with Gasteiger partial charge in [0.05, 0.1) is 38.8 Å². The van der Waals surface area contributed by atoms with Gasteiger partial charge >= 0.3 is 0 Å². The Hall–Kier alpha value is -1.14. The van der Waals surface area contributed by atoms with Crippen LogP contribution in [0.25, 0.3) is 0 Å². The third-order valence-electron chi connectivity index (χ3n) is 4.14. The molecule has 1 fully saturated rings. The Morgan fingerprint density at radius 3 is 2.74 bits per heavy atom. The van der Waals surface area contributed by atoms with Crippen molar-refractivity contribution in [3.05, 3.63) is 29.3 Å². The fourth-order valence-electron chi connectivity index (χ4n) is 2.79. The fourth-order valence-corrected chi connectivity index (χ4v) is 2.91. The number of quaternary nitrogens is 2. The molecule has 6 heteroatoms. The molecular weight excluding hydrogens is 314 g/mol. The van der Waals surface area contributed by atoms with Crippen molar-refractivity contribution in [3.63, 3.8) is 0 Å². The van der Waals surface area contributed by atoms with Gasteiger partial charge in [-0.1, -0.05) is 11.6 Å². The highest BCUT2D eigenvalue weighted by Crippen LogP contribution is 2.13. The summed E-state index contributed by atoms with van der Waals surface area (Å²) < 4.78 is 5.36. The number of morpholine rings is 1. The lowest BCUT2D eigenvalue weighted by Gasteiger charge is -2.23. The quantitative estimate of drug-likeness (QED) is 0.580. The van der Waals surface area contributed by atoms with Crippen molar-refractivity contribution in [2.75, 3.05) is 44.7 Å². The first kappa shape index (κ1) is 18.2. The summed E-state index contributed by atoms with van der Waals surface area (Å²) in [4.78, 5) is 13.6. The third-order valence-corrected chi connectivity index (χ3v) is 4.39. The molecule has 23 heavy (non-hydrogen) atoms. The highest BCUT2D eigenvalue weighted by Gasteiger charge is 2.15. The van der Waals surface area contributed by atoms with Crippen molar-refractivity contribution >= 4 is 23.2 Å².